The fraction of sp³-hybridized carbons (Fsp3) is 0.500. The van der Waals surface area contributed by atoms with Crippen LogP contribution in [-0.4, -0.2) is 44.0 Å². The molecule has 0 aromatic carbocycles. The van der Waals surface area contributed by atoms with Crippen molar-refractivity contribution in [3.63, 3.8) is 0 Å². The van der Waals surface area contributed by atoms with E-state index in [4.69, 9.17) is 20.4 Å². The first-order valence-electron chi connectivity index (χ1n) is 3.18. The molecule has 0 aromatic heterocycles. The third-order valence-electron chi connectivity index (χ3n) is 1.42. The summed E-state index contributed by atoms with van der Waals surface area (Å²) in [6, 6.07) is 0. The zero-order valence-corrected chi connectivity index (χ0v) is 6.73. The fourth-order valence-corrected chi connectivity index (χ4v) is 1.66. The quantitative estimate of drug-likeness (QED) is 0.414. The second-order valence-corrected chi connectivity index (χ2v) is 3.48. The van der Waals surface area contributed by atoms with Crippen LogP contribution in [0.15, 0.2) is 11.0 Å². The molecule has 0 aliphatic carbocycles. The van der Waals surface area contributed by atoms with Crippen LogP contribution < -0.4 is 0 Å². The molecule has 0 unspecified atom stereocenters. The Morgan fingerprint density at radius 3 is 2.42 bits per heavy atom. The van der Waals surface area contributed by atoms with Crippen molar-refractivity contribution in [2.75, 3.05) is 0 Å². The third-order valence-corrected chi connectivity index (χ3v) is 2.51. The molecule has 0 saturated heterocycles. The predicted octanol–water partition coefficient (Wildman–Crippen LogP) is -1.26. The van der Waals surface area contributed by atoms with Gasteiger partial charge in [0.2, 0.25) is 0 Å². The Kier molecular flexibility index (Phi) is 2.73. The number of aliphatic hydroxyl groups excluding tert-OH is 3. The normalized spacial score (nSPS) is 35.9. The molecule has 0 spiro atoms. The maximum Gasteiger partial charge on any atom is 0.342 e. The summed E-state index contributed by atoms with van der Waals surface area (Å²) in [7, 11) is 0. The molecule has 0 radical (unpaired) electrons. The number of rotatable bonds is 1. The fourth-order valence-electron chi connectivity index (χ4n) is 0.783. The number of carboxylic acids is 1. The molecular formula is C6H8O5S. The summed E-state index contributed by atoms with van der Waals surface area (Å²) in [6.07, 6.45) is -1.63. The molecule has 0 aromatic rings. The lowest BCUT2D eigenvalue weighted by Gasteiger charge is -2.25. The van der Waals surface area contributed by atoms with Gasteiger partial charge in [-0.1, -0.05) is 11.8 Å². The summed E-state index contributed by atoms with van der Waals surface area (Å²) in [5.74, 6) is -1.22. The summed E-state index contributed by atoms with van der Waals surface area (Å²) in [6.45, 7) is 0. The summed E-state index contributed by atoms with van der Waals surface area (Å²) >= 11 is 0.613. The molecule has 68 valence electrons. The zero-order chi connectivity index (χ0) is 9.30. The average Bonchev–Trinajstić information content (AvgIpc) is 1.99. The van der Waals surface area contributed by atoms with Gasteiger partial charge in [0.1, 0.15) is 17.6 Å². The maximum atomic E-state index is 10.4. The van der Waals surface area contributed by atoms with Gasteiger partial charge in [-0.25, -0.2) is 4.79 Å². The van der Waals surface area contributed by atoms with Crippen molar-refractivity contribution >= 4 is 17.7 Å². The summed E-state index contributed by atoms with van der Waals surface area (Å²) < 4.78 is 0. The highest BCUT2D eigenvalue weighted by Crippen LogP contribution is 2.29. The van der Waals surface area contributed by atoms with Gasteiger partial charge in [-0.2, -0.15) is 0 Å². The largest absolute Gasteiger partial charge is 0.477 e. The van der Waals surface area contributed by atoms with Crippen LogP contribution >= 0.6 is 11.8 Å². The zero-order valence-electron chi connectivity index (χ0n) is 5.91. The van der Waals surface area contributed by atoms with Crippen LogP contribution in [-0.2, 0) is 4.79 Å². The van der Waals surface area contributed by atoms with Crippen molar-refractivity contribution < 1.29 is 25.2 Å². The van der Waals surface area contributed by atoms with Crippen LogP contribution in [0.1, 0.15) is 0 Å². The van der Waals surface area contributed by atoms with Crippen molar-refractivity contribution in [3.8, 4) is 0 Å². The Morgan fingerprint density at radius 2 is 2.00 bits per heavy atom. The number of thioether (sulfide) groups is 1. The van der Waals surface area contributed by atoms with Crippen molar-refractivity contribution in [2.24, 2.45) is 0 Å². The van der Waals surface area contributed by atoms with Gasteiger partial charge in [0.05, 0.1) is 4.91 Å². The second kappa shape index (κ2) is 3.44. The molecular weight excluding hydrogens is 184 g/mol. The Morgan fingerprint density at radius 1 is 1.42 bits per heavy atom. The van der Waals surface area contributed by atoms with Gasteiger partial charge in [0.25, 0.3) is 0 Å². The van der Waals surface area contributed by atoms with Crippen LogP contribution in [0.25, 0.3) is 0 Å². The highest BCUT2D eigenvalue weighted by molar-refractivity contribution is 8.04. The number of aliphatic carboxylic acids is 1. The molecule has 0 fully saturated rings. The lowest BCUT2D eigenvalue weighted by atomic mass is 10.2. The topological polar surface area (TPSA) is 98.0 Å². The minimum Gasteiger partial charge on any atom is -0.477 e. The first kappa shape index (κ1) is 9.53. The Balaban J connectivity index is 2.81. The van der Waals surface area contributed by atoms with E-state index in [2.05, 4.69) is 0 Å². The van der Waals surface area contributed by atoms with Gasteiger partial charge in [-0.15, -0.1) is 0 Å². The lowest BCUT2D eigenvalue weighted by Crippen LogP contribution is -2.37. The van der Waals surface area contributed by atoms with E-state index in [9.17, 15) is 4.79 Å². The minimum absolute atomic E-state index is 0.152. The van der Waals surface area contributed by atoms with E-state index >= 15 is 0 Å². The monoisotopic (exact) mass is 192 g/mol. The minimum atomic E-state index is -1.32. The average molecular weight is 192 g/mol. The molecule has 3 atom stereocenters. The van der Waals surface area contributed by atoms with E-state index in [0.29, 0.717) is 11.8 Å². The van der Waals surface area contributed by atoms with Gasteiger partial charge in [-0.05, 0) is 6.08 Å². The molecule has 0 amide bonds. The van der Waals surface area contributed by atoms with E-state index in [1.807, 2.05) is 0 Å². The van der Waals surface area contributed by atoms with Gasteiger partial charge < -0.3 is 20.4 Å². The smallest absolute Gasteiger partial charge is 0.342 e. The van der Waals surface area contributed by atoms with Crippen molar-refractivity contribution in [2.45, 2.75) is 17.6 Å². The van der Waals surface area contributed by atoms with E-state index in [-0.39, 0.29) is 4.91 Å². The standard InChI is InChI=1S/C6H8O5S/c7-2-1-3(5(9)10)12-6(11)4(2)8/h1-2,4,6-8,11H,(H,9,10)/t2-,4-,6-/m1/s1. The van der Waals surface area contributed by atoms with Crippen molar-refractivity contribution in [1.29, 1.82) is 0 Å². The molecule has 0 bridgehead atoms. The third kappa shape index (κ3) is 1.78. The maximum absolute atomic E-state index is 10.4. The summed E-state index contributed by atoms with van der Waals surface area (Å²) in [5, 5.41) is 35.5. The van der Waals surface area contributed by atoms with E-state index in [0.717, 1.165) is 6.08 Å². The molecule has 1 aliphatic rings. The van der Waals surface area contributed by atoms with Gasteiger partial charge >= 0.3 is 5.97 Å². The van der Waals surface area contributed by atoms with Crippen LogP contribution in [0.4, 0.5) is 0 Å². The Bertz CT molecular complexity index is 226. The Labute approximate surface area is 72.3 Å². The molecule has 1 heterocycles. The number of carbonyl (C=O) groups is 1. The first-order chi connectivity index (χ1) is 5.52. The second-order valence-electron chi connectivity index (χ2n) is 2.33. The molecule has 6 heteroatoms. The van der Waals surface area contributed by atoms with Crippen LogP contribution in [0.2, 0.25) is 0 Å². The van der Waals surface area contributed by atoms with E-state index < -0.39 is 23.6 Å². The van der Waals surface area contributed by atoms with Crippen LogP contribution in [0, 0.1) is 0 Å². The molecule has 4 N–H and O–H groups in total. The first-order valence-corrected chi connectivity index (χ1v) is 4.06. The van der Waals surface area contributed by atoms with E-state index in [1.165, 1.54) is 0 Å². The van der Waals surface area contributed by atoms with Crippen molar-refractivity contribution in [3.05, 3.63) is 11.0 Å². The summed E-state index contributed by atoms with van der Waals surface area (Å²) in [4.78, 5) is 10.2. The molecule has 5 nitrogen and oxygen atoms in total. The van der Waals surface area contributed by atoms with Crippen molar-refractivity contribution in [1.82, 2.24) is 0 Å². The van der Waals surface area contributed by atoms with Crippen LogP contribution in [0.5, 0.6) is 0 Å². The molecule has 1 rings (SSSR count). The van der Waals surface area contributed by atoms with Crippen LogP contribution in [0.3, 0.4) is 0 Å². The van der Waals surface area contributed by atoms with E-state index in [1.54, 1.807) is 0 Å². The number of hydrogen-bond donors (Lipinski definition) is 4. The number of hydrogen-bond acceptors (Lipinski definition) is 5. The highest BCUT2D eigenvalue weighted by Gasteiger charge is 2.32. The SMILES string of the molecule is O=C(O)C1=C[C@@H](O)[C@@H](O)[C@H](O)S1. The number of aliphatic hydroxyl groups is 3. The highest BCUT2D eigenvalue weighted by atomic mass is 32.2. The lowest BCUT2D eigenvalue weighted by molar-refractivity contribution is -0.132. The molecule has 12 heavy (non-hydrogen) atoms. The molecule has 0 saturated carbocycles. The van der Waals surface area contributed by atoms with Gasteiger partial charge in [-0.3, -0.25) is 0 Å². The Hall–Kier alpha value is -0.560. The number of carboxylic acid groups (broad SMARTS) is 1. The summed E-state index contributed by atoms with van der Waals surface area (Å²) in [5.41, 5.74) is -1.28. The van der Waals surface area contributed by atoms with Gasteiger partial charge in [0, 0.05) is 0 Å². The molecule has 1 aliphatic heterocycles. The van der Waals surface area contributed by atoms with Gasteiger partial charge in [0.15, 0.2) is 0 Å². The predicted molar refractivity (Wildman–Crippen MR) is 41.3 cm³/mol.